The molecule has 1 saturated carbocycles. The highest BCUT2D eigenvalue weighted by Gasteiger charge is 2.27. The molecule has 0 aliphatic heterocycles. The van der Waals surface area contributed by atoms with Crippen LogP contribution >= 0.6 is 11.8 Å². The summed E-state index contributed by atoms with van der Waals surface area (Å²) in [4.78, 5) is 28.0. The van der Waals surface area contributed by atoms with Gasteiger partial charge in [-0.15, -0.1) is 11.8 Å². The molecule has 4 nitrogen and oxygen atoms in total. The van der Waals surface area contributed by atoms with Crippen molar-refractivity contribution >= 4 is 23.6 Å². The second kappa shape index (κ2) is 12.7. The van der Waals surface area contributed by atoms with Crippen LogP contribution in [0.4, 0.5) is 0 Å². The summed E-state index contributed by atoms with van der Waals surface area (Å²) in [7, 11) is 0. The van der Waals surface area contributed by atoms with E-state index in [2.05, 4.69) is 36.5 Å². The van der Waals surface area contributed by atoms with Gasteiger partial charge in [-0.1, -0.05) is 73.9 Å². The third-order valence-electron chi connectivity index (χ3n) is 6.35. The van der Waals surface area contributed by atoms with Crippen molar-refractivity contribution < 1.29 is 9.59 Å². The van der Waals surface area contributed by atoms with Crippen LogP contribution in [-0.4, -0.2) is 41.1 Å². The van der Waals surface area contributed by atoms with Gasteiger partial charge in [-0.2, -0.15) is 0 Å². The number of hydrogen-bond acceptors (Lipinski definition) is 3. The highest BCUT2D eigenvalue weighted by atomic mass is 32.2. The fraction of sp³-hybridized carbons (Fsp3) is 0.481. The molecule has 0 aromatic heterocycles. The Bertz CT molecular complexity index is 865. The standard InChI is InChI=1S/C27H36N2O2S/c1-21-11-9-10-14-24(21)19-32-20-26(30)29(18-17-23-12-5-3-6-13-23)22(2)27(31)28-25-15-7-4-8-16-25/h3,5-6,9-14,22,25H,4,7-8,15-20H2,1-2H3,(H,28,31)/t22-/m1/s1. The Balaban J connectivity index is 1.60. The molecular formula is C27H36N2O2S. The average Bonchev–Trinajstić information content (AvgIpc) is 2.81. The first kappa shape index (κ1) is 24.4. The molecule has 2 aromatic rings. The van der Waals surface area contributed by atoms with Gasteiger partial charge in [-0.25, -0.2) is 0 Å². The molecule has 172 valence electrons. The lowest BCUT2D eigenvalue weighted by Gasteiger charge is -2.31. The van der Waals surface area contributed by atoms with Crippen molar-refractivity contribution in [2.24, 2.45) is 0 Å². The molecule has 1 atom stereocenters. The van der Waals surface area contributed by atoms with Crippen molar-refractivity contribution in [3.05, 3.63) is 71.3 Å². The van der Waals surface area contributed by atoms with E-state index >= 15 is 0 Å². The zero-order chi connectivity index (χ0) is 22.8. The Morgan fingerprint density at radius 2 is 1.72 bits per heavy atom. The van der Waals surface area contributed by atoms with E-state index in [9.17, 15) is 9.59 Å². The van der Waals surface area contributed by atoms with Crippen LogP contribution in [0.15, 0.2) is 54.6 Å². The van der Waals surface area contributed by atoms with Gasteiger partial charge in [0.25, 0.3) is 0 Å². The third-order valence-corrected chi connectivity index (χ3v) is 7.31. The minimum atomic E-state index is -0.466. The number of nitrogens with zero attached hydrogens (tertiary/aromatic N) is 1. The zero-order valence-corrected chi connectivity index (χ0v) is 20.2. The van der Waals surface area contributed by atoms with E-state index in [1.54, 1.807) is 16.7 Å². The van der Waals surface area contributed by atoms with Crippen molar-refractivity contribution in [2.75, 3.05) is 12.3 Å². The van der Waals surface area contributed by atoms with Gasteiger partial charge in [0.1, 0.15) is 6.04 Å². The number of aryl methyl sites for hydroxylation is 1. The number of carbonyl (C=O) groups is 2. The van der Waals surface area contributed by atoms with Crippen molar-refractivity contribution in [1.82, 2.24) is 10.2 Å². The first-order valence-electron chi connectivity index (χ1n) is 11.8. The topological polar surface area (TPSA) is 49.4 Å². The molecule has 1 aliphatic carbocycles. The Morgan fingerprint density at radius 3 is 2.44 bits per heavy atom. The van der Waals surface area contributed by atoms with Crippen LogP contribution in [0, 0.1) is 6.92 Å². The molecule has 3 rings (SSSR count). The first-order chi connectivity index (χ1) is 15.5. The molecule has 1 N–H and O–H groups in total. The van der Waals surface area contributed by atoms with Crippen molar-refractivity contribution in [1.29, 1.82) is 0 Å². The normalized spacial score (nSPS) is 15.2. The van der Waals surface area contributed by atoms with Crippen molar-refractivity contribution in [3.63, 3.8) is 0 Å². The van der Waals surface area contributed by atoms with Crippen molar-refractivity contribution in [2.45, 2.75) is 70.2 Å². The molecule has 1 fully saturated rings. The predicted molar refractivity (Wildman–Crippen MR) is 134 cm³/mol. The highest BCUT2D eigenvalue weighted by molar-refractivity contribution is 7.99. The van der Waals surface area contributed by atoms with Crippen LogP contribution in [0.1, 0.15) is 55.7 Å². The van der Waals surface area contributed by atoms with Gasteiger partial charge in [0, 0.05) is 18.3 Å². The van der Waals surface area contributed by atoms with E-state index in [1.165, 1.54) is 36.0 Å². The summed E-state index contributed by atoms with van der Waals surface area (Å²) in [6, 6.07) is 18.2. The Morgan fingerprint density at radius 1 is 1.03 bits per heavy atom. The molecule has 0 saturated heterocycles. The summed E-state index contributed by atoms with van der Waals surface area (Å²) in [6.45, 7) is 4.52. The molecular weight excluding hydrogens is 416 g/mol. The quantitative estimate of drug-likeness (QED) is 0.543. The van der Waals surface area contributed by atoms with E-state index in [0.29, 0.717) is 12.3 Å². The second-order valence-corrected chi connectivity index (χ2v) is 9.75. The van der Waals surface area contributed by atoms with Gasteiger partial charge in [-0.05, 0) is 49.8 Å². The fourth-order valence-electron chi connectivity index (χ4n) is 4.24. The van der Waals surface area contributed by atoms with Gasteiger partial charge >= 0.3 is 0 Å². The Labute approximate surface area is 197 Å². The lowest BCUT2D eigenvalue weighted by atomic mass is 9.95. The zero-order valence-electron chi connectivity index (χ0n) is 19.4. The summed E-state index contributed by atoms with van der Waals surface area (Å²) >= 11 is 1.62. The number of hydrogen-bond donors (Lipinski definition) is 1. The number of benzene rings is 2. The van der Waals surface area contributed by atoms with Crippen LogP contribution in [0.3, 0.4) is 0 Å². The lowest BCUT2D eigenvalue weighted by Crippen LogP contribution is -2.51. The number of rotatable bonds is 10. The molecule has 1 aliphatic rings. The second-order valence-electron chi connectivity index (χ2n) is 8.76. The minimum Gasteiger partial charge on any atom is -0.352 e. The predicted octanol–water partition coefficient (Wildman–Crippen LogP) is 5.14. The summed E-state index contributed by atoms with van der Waals surface area (Å²) in [5, 5.41) is 3.20. The number of amides is 2. The number of thioether (sulfide) groups is 1. The minimum absolute atomic E-state index is 0.0257. The van der Waals surface area contributed by atoms with Crippen LogP contribution in [-0.2, 0) is 21.8 Å². The lowest BCUT2D eigenvalue weighted by molar-refractivity contribution is -0.138. The molecule has 0 heterocycles. The SMILES string of the molecule is Cc1ccccc1CSCC(=O)N(CCc1ccccc1)[C@H](C)C(=O)NC1CCCCC1. The summed E-state index contributed by atoms with van der Waals surface area (Å²) in [5.74, 6) is 1.19. The molecule has 0 bridgehead atoms. The molecule has 0 spiro atoms. The Kier molecular flexibility index (Phi) is 9.66. The molecule has 0 unspecified atom stereocenters. The average molecular weight is 453 g/mol. The molecule has 2 aromatic carbocycles. The van der Waals surface area contributed by atoms with E-state index in [1.807, 2.05) is 37.3 Å². The van der Waals surface area contributed by atoms with Crippen molar-refractivity contribution in [3.8, 4) is 0 Å². The van der Waals surface area contributed by atoms with Crippen LogP contribution < -0.4 is 5.32 Å². The van der Waals surface area contributed by atoms with Gasteiger partial charge in [0.2, 0.25) is 11.8 Å². The van der Waals surface area contributed by atoms with Gasteiger partial charge in [0.15, 0.2) is 0 Å². The molecule has 0 radical (unpaired) electrons. The summed E-state index contributed by atoms with van der Waals surface area (Å²) in [6.07, 6.45) is 6.43. The monoisotopic (exact) mass is 452 g/mol. The largest absolute Gasteiger partial charge is 0.352 e. The van der Waals surface area contributed by atoms with Gasteiger partial charge in [-0.3, -0.25) is 9.59 Å². The smallest absolute Gasteiger partial charge is 0.242 e. The molecule has 5 heteroatoms. The maximum atomic E-state index is 13.2. The van der Waals surface area contributed by atoms with E-state index in [0.717, 1.165) is 25.0 Å². The summed E-state index contributed by atoms with van der Waals surface area (Å²) < 4.78 is 0. The maximum absolute atomic E-state index is 13.2. The Hall–Kier alpha value is -2.27. The van der Waals surface area contributed by atoms with E-state index in [4.69, 9.17) is 0 Å². The first-order valence-corrected chi connectivity index (χ1v) is 13.0. The van der Waals surface area contributed by atoms with Crippen LogP contribution in [0.25, 0.3) is 0 Å². The molecule has 32 heavy (non-hydrogen) atoms. The molecule has 2 amide bonds. The number of carbonyl (C=O) groups excluding carboxylic acids is 2. The van der Waals surface area contributed by atoms with Gasteiger partial charge < -0.3 is 10.2 Å². The van der Waals surface area contributed by atoms with E-state index < -0.39 is 6.04 Å². The third kappa shape index (κ3) is 7.40. The van der Waals surface area contributed by atoms with Crippen LogP contribution in [0.2, 0.25) is 0 Å². The van der Waals surface area contributed by atoms with E-state index in [-0.39, 0.29) is 17.9 Å². The summed E-state index contributed by atoms with van der Waals surface area (Å²) in [5.41, 5.74) is 3.68. The van der Waals surface area contributed by atoms with Crippen LogP contribution in [0.5, 0.6) is 0 Å². The maximum Gasteiger partial charge on any atom is 0.242 e. The number of nitrogens with one attached hydrogen (secondary N) is 1. The highest BCUT2D eigenvalue weighted by Crippen LogP contribution is 2.19. The fourth-order valence-corrected chi connectivity index (χ4v) is 5.23. The van der Waals surface area contributed by atoms with Gasteiger partial charge in [0.05, 0.1) is 5.75 Å².